The van der Waals surface area contributed by atoms with Crippen molar-refractivity contribution in [2.75, 3.05) is 13.1 Å². The van der Waals surface area contributed by atoms with E-state index >= 15 is 0 Å². The molecule has 0 aromatic rings. The number of carbonyl (C=O) groups excluding carboxylic acids is 1. The summed E-state index contributed by atoms with van der Waals surface area (Å²) in [7, 11) is 0. The molecule has 0 unspecified atom stereocenters. The van der Waals surface area contributed by atoms with Crippen LogP contribution in [0.4, 0.5) is 0 Å². The molecular formula is C8H17N3O. The molecule has 0 aromatic heterocycles. The van der Waals surface area contributed by atoms with Crippen molar-refractivity contribution in [2.45, 2.75) is 32.2 Å². The monoisotopic (exact) mass is 171 g/mol. The summed E-state index contributed by atoms with van der Waals surface area (Å²) in [6.45, 7) is 5.81. The van der Waals surface area contributed by atoms with E-state index in [1.165, 1.54) is 12.8 Å². The van der Waals surface area contributed by atoms with Crippen molar-refractivity contribution in [1.29, 1.82) is 0 Å². The largest absolute Gasteiger partial charge is 0.293 e. The summed E-state index contributed by atoms with van der Waals surface area (Å²) in [6, 6.07) is 0. The predicted molar refractivity (Wildman–Crippen MR) is 47.2 cm³/mol. The van der Waals surface area contributed by atoms with Gasteiger partial charge in [-0.2, -0.15) is 0 Å². The summed E-state index contributed by atoms with van der Waals surface area (Å²) < 4.78 is 0. The molecule has 70 valence electrons. The maximum absolute atomic E-state index is 11.3. The van der Waals surface area contributed by atoms with Gasteiger partial charge in [0.15, 0.2) is 0 Å². The Morgan fingerprint density at radius 1 is 1.42 bits per heavy atom. The maximum atomic E-state index is 11.3. The van der Waals surface area contributed by atoms with E-state index in [9.17, 15) is 4.79 Å². The molecule has 1 amide bonds. The molecule has 1 aliphatic heterocycles. The van der Waals surface area contributed by atoms with Crippen LogP contribution in [-0.2, 0) is 4.79 Å². The lowest BCUT2D eigenvalue weighted by atomic mass is 10.0. The summed E-state index contributed by atoms with van der Waals surface area (Å²) in [5.41, 5.74) is 1.75. The van der Waals surface area contributed by atoms with Gasteiger partial charge in [0.2, 0.25) is 0 Å². The fourth-order valence-electron chi connectivity index (χ4n) is 1.60. The summed E-state index contributed by atoms with van der Waals surface area (Å²) in [6.07, 6.45) is 2.36. The van der Waals surface area contributed by atoms with Gasteiger partial charge in [-0.3, -0.25) is 15.1 Å². The Kier molecular flexibility index (Phi) is 2.69. The topological polar surface area (TPSA) is 58.4 Å². The average molecular weight is 171 g/mol. The zero-order valence-electron chi connectivity index (χ0n) is 7.76. The van der Waals surface area contributed by atoms with Gasteiger partial charge >= 0.3 is 0 Å². The van der Waals surface area contributed by atoms with E-state index in [1.54, 1.807) is 0 Å². The highest BCUT2D eigenvalue weighted by Gasteiger charge is 2.35. The number of amides is 1. The van der Waals surface area contributed by atoms with Gasteiger partial charge in [-0.05, 0) is 39.8 Å². The first-order valence-electron chi connectivity index (χ1n) is 4.35. The van der Waals surface area contributed by atoms with Gasteiger partial charge in [0, 0.05) is 0 Å². The highest BCUT2D eigenvalue weighted by atomic mass is 16.2. The minimum atomic E-state index is -0.453. The Morgan fingerprint density at radius 3 is 2.33 bits per heavy atom. The SMILES string of the molecule is CC(C)(C(=O)NN)N1CCCC1. The van der Waals surface area contributed by atoms with E-state index < -0.39 is 5.54 Å². The molecule has 0 aromatic carbocycles. The van der Waals surface area contributed by atoms with Crippen molar-refractivity contribution in [3.05, 3.63) is 0 Å². The van der Waals surface area contributed by atoms with Gasteiger partial charge in [-0.15, -0.1) is 0 Å². The van der Waals surface area contributed by atoms with Crippen molar-refractivity contribution >= 4 is 5.91 Å². The summed E-state index contributed by atoms with van der Waals surface area (Å²) in [4.78, 5) is 13.5. The lowest BCUT2D eigenvalue weighted by Gasteiger charge is -2.32. The smallest absolute Gasteiger partial charge is 0.253 e. The van der Waals surface area contributed by atoms with Crippen LogP contribution < -0.4 is 11.3 Å². The predicted octanol–water partition coefficient (Wildman–Crippen LogP) is -0.149. The second kappa shape index (κ2) is 3.41. The van der Waals surface area contributed by atoms with E-state index in [2.05, 4.69) is 10.3 Å². The van der Waals surface area contributed by atoms with Crippen LogP contribution in [0.3, 0.4) is 0 Å². The fourth-order valence-corrected chi connectivity index (χ4v) is 1.60. The zero-order valence-corrected chi connectivity index (χ0v) is 7.76. The summed E-state index contributed by atoms with van der Waals surface area (Å²) in [5, 5.41) is 0. The molecule has 0 spiro atoms. The number of rotatable bonds is 2. The minimum Gasteiger partial charge on any atom is -0.293 e. The Hall–Kier alpha value is -0.610. The molecule has 0 radical (unpaired) electrons. The number of hydrogen-bond acceptors (Lipinski definition) is 3. The second-order valence-corrected chi connectivity index (χ2v) is 3.73. The van der Waals surface area contributed by atoms with Gasteiger partial charge in [0.05, 0.1) is 5.54 Å². The summed E-state index contributed by atoms with van der Waals surface area (Å²) >= 11 is 0. The Bertz CT molecular complexity index is 173. The van der Waals surface area contributed by atoms with Gasteiger partial charge < -0.3 is 0 Å². The van der Waals surface area contributed by atoms with Crippen molar-refractivity contribution in [3.8, 4) is 0 Å². The molecule has 4 heteroatoms. The first-order valence-corrected chi connectivity index (χ1v) is 4.35. The van der Waals surface area contributed by atoms with Crippen LogP contribution >= 0.6 is 0 Å². The number of nitrogens with two attached hydrogens (primary N) is 1. The minimum absolute atomic E-state index is 0.107. The van der Waals surface area contributed by atoms with Gasteiger partial charge in [0.25, 0.3) is 5.91 Å². The third kappa shape index (κ3) is 1.59. The lowest BCUT2D eigenvalue weighted by molar-refractivity contribution is -0.131. The van der Waals surface area contributed by atoms with Crippen molar-refractivity contribution in [2.24, 2.45) is 5.84 Å². The molecule has 1 rings (SSSR count). The van der Waals surface area contributed by atoms with E-state index in [1.807, 2.05) is 13.8 Å². The molecule has 0 atom stereocenters. The Balaban J connectivity index is 2.62. The number of carbonyl (C=O) groups is 1. The normalized spacial score (nSPS) is 19.6. The second-order valence-electron chi connectivity index (χ2n) is 3.73. The van der Waals surface area contributed by atoms with Crippen LogP contribution in [-0.4, -0.2) is 29.4 Å². The highest BCUT2D eigenvalue weighted by Crippen LogP contribution is 2.20. The molecule has 4 nitrogen and oxygen atoms in total. The van der Waals surface area contributed by atoms with E-state index in [-0.39, 0.29) is 5.91 Å². The first kappa shape index (κ1) is 9.48. The standard InChI is InChI=1S/C8H17N3O/c1-8(2,7(12)10-9)11-5-3-4-6-11/h3-6,9H2,1-2H3,(H,10,12). The van der Waals surface area contributed by atoms with Crippen molar-refractivity contribution in [1.82, 2.24) is 10.3 Å². The van der Waals surface area contributed by atoms with Gasteiger partial charge in [-0.25, -0.2) is 5.84 Å². The molecule has 1 heterocycles. The van der Waals surface area contributed by atoms with Gasteiger partial charge in [0.1, 0.15) is 0 Å². The van der Waals surface area contributed by atoms with E-state index in [4.69, 9.17) is 5.84 Å². The molecule has 1 saturated heterocycles. The zero-order chi connectivity index (χ0) is 9.19. The number of hydrazine groups is 1. The molecule has 0 saturated carbocycles. The van der Waals surface area contributed by atoms with Crippen molar-refractivity contribution in [3.63, 3.8) is 0 Å². The molecule has 0 bridgehead atoms. The number of nitrogens with zero attached hydrogens (tertiary/aromatic N) is 1. The first-order chi connectivity index (χ1) is 5.59. The van der Waals surface area contributed by atoms with Crippen LogP contribution in [0.2, 0.25) is 0 Å². The molecular weight excluding hydrogens is 154 g/mol. The average Bonchev–Trinajstić information content (AvgIpc) is 2.55. The van der Waals surface area contributed by atoms with Crippen LogP contribution in [0, 0.1) is 0 Å². The fraction of sp³-hybridized carbons (Fsp3) is 0.875. The third-order valence-corrected chi connectivity index (χ3v) is 2.58. The number of likely N-dealkylation sites (tertiary alicyclic amines) is 1. The van der Waals surface area contributed by atoms with Crippen LogP contribution in [0.25, 0.3) is 0 Å². The molecule has 3 N–H and O–H groups in total. The van der Waals surface area contributed by atoms with E-state index in [0.717, 1.165) is 13.1 Å². The quantitative estimate of drug-likeness (QED) is 0.345. The molecule has 0 aliphatic carbocycles. The third-order valence-electron chi connectivity index (χ3n) is 2.58. The molecule has 1 fully saturated rings. The van der Waals surface area contributed by atoms with Crippen LogP contribution in [0.5, 0.6) is 0 Å². The molecule has 1 aliphatic rings. The number of nitrogens with one attached hydrogen (secondary N) is 1. The maximum Gasteiger partial charge on any atom is 0.253 e. The Labute approximate surface area is 73.1 Å². The van der Waals surface area contributed by atoms with Gasteiger partial charge in [-0.1, -0.05) is 0 Å². The Morgan fingerprint density at radius 2 is 1.92 bits per heavy atom. The highest BCUT2D eigenvalue weighted by molar-refractivity contribution is 5.84. The lowest BCUT2D eigenvalue weighted by Crippen LogP contribution is -2.55. The molecule has 12 heavy (non-hydrogen) atoms. The van der Waals surface area contributed by atoms with Crippen molar-refractivity contribution < 1.29 is 4.79 Å². The van der Waals surface area contributed by atoms with E-state index in [0.29, 0.717) is 0 Å². The summed E-state index contributed by atoms with van der Waals surface area (Å²) in [5.74, 6) is 4.99. The van der Waals surface area contributed by atoms with Crippen LogP contribution in [0.15, 0.2) is 0 Å². The van der Waals surface area contributed by atoms with Crippen LogP contribution in [0.1, 0.15) is 26.7 Å². The number of hydrogen-bond donors (Lipinski definition) is 2.